The molecule has 7 nitrogen and oxygen atoms in total. The van der Waals surface area contributed by atoms with Gasteiger partial charge < -0.3 is 14.2 Å². The Morgan fingerprint density at radius 2 is 1.75 bits per heavy atom. The molecular formula is C21H16F4N2O5. The topological polar surface area (TPSA) is 79.7 Å². The maximum absolute atomic E-state index is 13.8. The van der Waals surface area contributed by atoms with Gasteiger partial charge in [0, 0.05) is 5.56 Å². The van der Waals surface area contributed by atoms with Crippen molar-refractivity contribution in [3.05, 3.63) is 71.3 Å². The van der Waals surface area contributed by atoms with Crippen molar-refractivity contribution in [3.63, 3.8) is 0 Å². The third kappa shape index (κ3) is 4.88. The number of hydrogen-bond donors (Lipinski definition) is 0. The highest BCUT2D eigenvalue weighted by Crippen LogP contribution is 2.31. The summed E-state index contributed by atoms with van der Waals surface area (Å²) in [5.74, 6) is -2.61. The molecule has 3 rings (SSSR count). The second kappa shape index (κ2) is 9.08. The molecule has 0 atom stereocenters. The first-order chi connectivity index (χ1) is 15.1. The number of Topliss-reactive ketones (excluding diaryl/α,β-unsaturated/α-hetero) is 1. The zero-order valence-electron chi connectivity index (χ0n) is 16.8. The van der Waals surface area contributed by atoms with E-state index in [9.17, 15) is 27.2 Å². The molecule has 32 heavy (non-hydrogen) atoms. The Morgan fingerprint density at radius 3 is 2.38 bits per heavy atom. The molecule has 11 heteroatoms. The summed E-state index contributed by atoms with van der Waals surface area (Å²) in [5, 5.41) is 3.92. The van der Waals surface area contributed by atoms with E-state index in [1.807, 2.05) is 0 Å². The van der Waals surface area contributed by atoms with Gasteiger partial charge in [0.25, 0.3) is 0 Å². The van der Waals surface area contributed by atoms with Crippen LogP contribution >= 0.6 is 0 Å². The minimum Gasteiger partial charge on any atom is -0.494 e. The van der Waals surface area contributed by atoms with Crippen LogP contribution in [0.25, 0.3) is 5.69 Å². The average Bonchev–Trinajstić information content (AvgIpc) is 3.21. The van der Waals surface area contributed by atoms with E-state index in [1.54, 1.807) is 0 Å². The Bertz CT molecular complexity index is 1160. The number of carbonyl (C=O) groups excluding carboxylic acids is 2. The van der Waals surface area contributed by atoms with Gasteiger partial charge in [0.2, 0.25) is 5.69 Å². The van der Waals surface area contributed by atoms with Gasteiger partial charge in [-0.2, -0.15) is 18.3 Å². The lowest BCUT2D eigenvalue weighted by Crippen LogP contribution is -2.15. The Labute approximate surface area is 179 Å². The second-order valence-corrected chi connectivity index (χ2v) is 6.39. The monoisotopic (exact) mass is 452 g/mol. The first-order valence-electron chi connectivity index (χ1n) is 8.99. The molecule has 0 aliphatic heterocycles. The van der Waals surface area contributed by atoms with Crippen molar-refractivity contribution >= 4 is 11.8 Å². The summed E-state index contributed by atoms with van der Waals surface area (Å²) in [6.45, 7) is -0.718. The molecule has 2 aromatic carbocycles. The van der Waals surface area contributed by atoms with E-state index in [1.165, 1.54) is 44.7 Å². The first kappa shape index (κ1) is 22.8. The Kier molecular flexibility index (Phi) is 6.47. The van der Waals surface area contributed by atoms with Crippen LogP contribution in [0.2, 0.25) is 0 Å². The van der Waals surface area contributed by atoms with Crippen molar-refractivity contribution in [3.8, 4) is 17.2 Å². The Balaban J connectivity index is 1.77. The van der Waals surface area contributed by atoms with Crippen LogP contribution in [0.15, 0.2) is 48.7 Å². The number of benzene rings is 2. The fourth-order valence-electron chi connectivity index (χ4n) is 2.73. The molecule has 0 bridgehead atoms. The van der Waals surface area contributed by atoms with E-state index in [-0.39, 0.29) is 28.4 Å². The zero-order valence-corrected chi connectivity index (χ0v) is 16.8. The standard InChI is InChI=1S/C21H16F4N2O5/c1-30-17-7-6-12(8-15(17)22)16(28)11-32-20(29)19-18(31-2)10-27(26-19)14-5-3-4-13(9-14)21(23,24)25/h3-10H,11H2,1-2H3. The van der Waals surface area contributed by atoms with Crippen LogP contribution in [0.3, 0.4) is 0 Å². The highest BCUT2D eigenvalue weighted by Gasteiger charge is 2.31. The summed E-state index contributed by atoms with van der Waals surface area (Å²) in [4.78, 5) is 24.6. The fraction of sp³-hybridized carbons (Fsp3) is 0.190. The lowest BCUT2D eigenvalue weighted by molar-refractivity contribution is -0.137. The zero-order chi connectivity index (χ0) is 23.5. The summed E-state index contributed by atoms with van der Waals surface area (Å²) in [5.41, 5.74) is -1.26. The average molecular weight is 452 g/mol. The third-order valence-electron chi connectivity index (χ3n) is 4.34. The van der Waals surface area contributed by atoms with Gasteiger partial charge in [-0.3, -0.25) is 4.79 Å². The maximum Gasteiger partial charge on any atom is 0.416 e. The van der Waals surface area contributed by atoms with Gasteiger partial charge in [0.15, 0.2) is 29.7 Å². The van der Waals surface area contributed by atoms with Crippen LogP contribution in [-0.4, -0.2) is 42.4 Å². The largest absolute Gasteiger partial charge is 0.494 e. The molecular weight excluding hydrogens is 436 g/mol. The van der Waals surface area contributed by atoms with Gasteiger partial charge >= 0.3 is 12.1 Å². The molecule has 3 aromatic rings. The summed E-state index contributed by atoms with van der Waals surface area (Å²) in [6, 6.07) is 7.80. The number of ether oxygens (including phenoxy) is 3. The summed E-state index contributed by atoms with van der Waals surface area (Å²) < 4.78 is 68.4. The Hall–Kier alpha value is -3.89. The first-order valence-corrected chi connectivity index (χ1v) is 8.99. The van der Waals surface area contributed by atoms with Crippen molar-refractivity contribution in [1.29, 1.82) is 0 Å². The second-order valence-electron chi connectivity index (χ2n) is 6.39. The molecule has 0 fully saturated rings. The minimum absolute atomic E-state index is 0.0296. The molecule has 0 amide bonds. The number of esters is 1. The van der Waals surface area contributed by atoms with E-state index in [2.05, 4.69) is 5.10 Å². The van der Waals surface area contributed by atoms with E-state index < -0.39 is 35.9 Å². The molecule has 1 heterocycles. The highest BCUT2D eigenvalue weighted by atomic mass is 19.4. The van der Waals surface area contributed by atoms with E-state index >= 15 is 0 Å². The molecule has 1 aromatic heterocycles. The van der Waals surface area contributed by atoms with Crippen molar-refractivity contribution in [2.45, 2.75) is 6.18 Å². The predicted octanol–water partition coefficient (Wildman–Crippen LogP) is 4.09. The molecule has 168 valence electrons. The number of carbonyl (C=O) groups is 2. The number of nitrogens with zero attached hydrogens (tertiary/aromatic N) is 2. The van der Waals surface area contributed by atoms with E-state index in [0.717, 1.165) is 22.9 Å². The van der Waals surface area contributed by atoms with Gasteiger partial charge in [-0.25, -0.2) is 13.9 Å². The van der Waals surface area contributed by atoms with Crippen LogP contribution in [0.5, 0.6) is 11.5 Å². The molecule has 0 radical (unpaired) electrons. The maximum atomic E-state index is 13.8. The molecule has 0 aliphatic carbocycles. The van der Waals surface area contributed by atoms with Crippen LogP contribution in [-0.2, 0) is 10.9 Å². The normalized spacial score (nSPS) is 11.2. The lowest BCUT2D eigenvalue weighted by atomic mass is 10.1. The number of halogens is 4. The number of alkyl halides is 3. The summed E-state index contributed by atoms with van der Waals surface area (Å²) >= 11 is 0. The molecule has 0 saturated heterocycles. The van der Waals surface area contributed by atoms with Crippen molar-refractivity contribution < 1.29 is 41.4 Å². The summed E-state index contributed by atoms with van der Waals surface area (Å²) in [6.07, 6.45) is -3.36. The van der Waals surface area contributed by atoms with Crippen molar-refractivity contribution in [2.24, 2.45) is 0 Å². The number of hydrogen-bond acceptors (Lipinski definition) is 6. The summed E-state index contributed by atoms with van der Waals surface area (Å²) in [7, 11) is 2.50. The number of ketones is 1. The van der Waals surface area contributed by atoms with E-state index in [4.69, 9.17) is 14.2 Å². The fourth-order valence-corrected chi connectivity index (χ4v) is 2.73. The molecule has 0 unspecified atom stereocenters. The minimum atomic E-state index is -4.56. The molecule has 0 aliphatic rings. The quantitative estimate of drug-likeness (QED) is 0.305. The van der Waals surface area contributed by atoms with Crippen LogP contribution in [0.1, 0.15) is 26.4 Å². The van der Waals surface area contributed by atoms with Crippen molar-refractivity contribution in [1.82, 2.24) is 9.78 Å². The van der Waals surface area contributed by atoms with Gasteiger partial charge in [0.1, 0.15) is 0 Å². The highest BCUT2D eigenvalue weighted by molar-refractivity contribution is 5.99. The van der Waals surface area contributed by atoms with E-state index in [0.29, 0.717) is 0 Å². The van der Waals surface area contributed by atoms with Crippen molar-refractivity contribution in [2.75, 3.05) is 20.8 Å². The number of aromatic nitrogens is 2. The molecule has 0 spiro atoms. The number of rotatable bonds is 7. The van der Waals surface area contributed by atoms with Crippen LogP contribution < -0.4 is 9.47 Å². The van der Waals surface area contributed by atoms with Gasteiger partial charge in [-0.05, 0) is 36.4 Å². The van der Waals surface area contributed by atoms with Gasteiger partial charge in [-0.1, -0.05) is 6.07 Å². The molecule has 0 N–H and O–H groups in total. The van der Waals surface area contributed by atoms with Gasteiger partial charge in [-0.15, -0.1) is 0 Å². The number of methoxy groups -OCH3 is 2. The van der Waals surface area contributed by atoms with Gasteiger partial charge in [0.05, 0.1) is 31.7 Å². The Morgan fingerprint density at radius 1 is 1.03 bits per heavy atom. The van der Waals surface area contributed by atoms with Crippen LogP contribution in [0.4, 0.5) is 17.6 Å². The predicted molar refractivity (Wildman–Crippen MR) is 103 cm³/mol. The molecule has 0 saturated carbocycles. The van der Waals surface area contributed by atoms with Crippen LogP contribution in [0, 0.1) is 5.82 Å². The lowest BCUT2D eigenvalue weighted by Gasteiger charge is -2.08. The smallest absolute Gasteiger partial charge is 0.416 e. The SMILES string of the molecule is COc1ccc(C(=O)COC(=O)c2nn(-c3cccc(C(F)(F)F)c3)cc2OC)cc1F. The third-order valence-corrected chi connectivity index (χ3v) is 4.34.